The van der Waals surface area contributed by atoms with Crippen LogP contribution in [0.25, 0.3) is 0 Å². The Morgan fingerprint density at radius 3 is 2.59 bits per heavy atom. The van der Waals surface area contributed by atoms with Crippen molar-refractivity contribution in [3.63, 3.8) is 0 Å². The van der Waals surface area contributed by atoms with E-state index in [1.54, 1.807) is 14.0 Å². The Labute approximate surface area is 124 Å². The summed E-state index contributed by atoms with van der Waals surface area (Å²) < 4.78 is 40.7. The zero-order valence-corrected chi connectivity index (χ0v) is 11.8. The molecular formula is C13H14F3N5O. The number of aromatic nitrogens is 3. The maximum absolute atomic E-state index is 13.1. The molecule has 1 atom stereocenters. The van der Waals surface area contributed by atoms with Crippen molar-refractivity contribution in [2.45, 2.75) is 19.1 Å². The van der Waals surface area contributed by atoms with Crippen molar-refractivity contribution in [3.05, 3.63) is 42.0 Å². The summed E-state index contributed by atoms with van der Waals surface area (Å²) >= 11 is 0. The van der Waals surface area contributed by atoms with E-state index in [0.717, 1.165) is 0 Å². The van der Waals surface area contributed by atoms with Gasteiger partial charge in [0.2, 0.25) is 0 Å². The average Bonchev–Trinajstić information content (AvgIpc) is 2.74. The normalized spacial score (nSPS) is 12.8. The number of nitrogens with one attached hydrogen (secondary N) is 2. The summed E-state index contributed by atoms with van der Waals surface area (Å²) in [6, 6.07) is 0.949. The predicted molar refractivity (Wildman–Crippen MR) is 73.1 cm³/mol. The Balaban J connectivity index is 2.14. The first-order chi connectivity index (χ1) is 10.3. The highest BCUT2D eigenvalue weighted by Crippen LogP contribution is 2.31. The Kier molecular flexibility index (Phi) is 4.34. The smallest absolute Gasteiger partial charge is 0.321 e. The van der Waals surface area contributed by atoms with Gasteiger partial charge in [-0.3, -0.25) is 9.67 Å². The van der Waals surface area contributed by atoms with E-state index in [-0.39, 0.29) is 5.69 Å². The summed E-state index contributed by atoms with van der Waals surface area (Å²) in [4.78, 5) is 15.5. The minimum absolute atomic E-state index is 0.284. The first-order valence-electron chi connectivity index (χ1n) is 6.33. The van der Waals surface area contributed by atoms with Crippen LogP contribution >= 0.6 is 0 Å². The van der Waals surface area contributed by atoms with Crippen LogP contribution in [-0.4, -0.2) is 27.0 Å². The number of nitrogens with zero attached hydrogens (tertiary/aromatic N) is 3. The van der Waals surface area contributed by atoms with Crippen LogP contribution in [0.1, 0.15) is 17.4 Å². The lowest BCUT2D eigenvalue weighted by molar-refractivity contribution is -0.155. The van der Waals surface area contributed by atoms with Gasteiger partial charge in [-0.05, 0) is 19.1 Å². The van der Waals surface area contributed by atoms with Gasteiger partial charge in [0.25, 0.3) is 0 Å². The average molecular weight is 313 g/mol. The van der Waals surface area contributed by atoms with Crippen LogP contribution in [0, 0.1) is 6.92 Å². The molecule has 2 heterocycles. The van der Waals surface area contributed by atoms with Gasteiger partial charge in [-0.15, -0.1) is 0 Å². The number of pyridine rings is 1. The molecule has 2 amide bonds. The monoisotopic (exact) mass is 313 g/mol. The number of amides is 2. The van der Waals surface area contributed by atoms with E-state index >= 15 is 0 Å². The molecule has 2 rings (SSSR count). The maximum Gasteiger partial charge on any atom is 0.414 e. The van der Waals surface area contributed by atoms with Gasteiger partial charge in [0.1, 0.15) is 0 Å². The number of rotatable bonds is 3. The number of hydrogen-bond acceptors (Lipinski definition) is 3. The number of alkyl halides is 3. The van der Waals surface area contributed by atoms with Gasteiger partial charge in [-0.1, -0.05) is 6.07 Å². The number of carbonyl (C=O) groups is 1. The van der Waals surface area contributed by atoms with Gasteiger partial charge in [0.05, 0.1) is 17.1 Å². The molecule has 0 aliphatic carbocycles. The van der Waals surface area contributed by atoms with Crippen molar-refractivity contribution < 1.29 is 18.0 Å². The third kappa shape index (κ3) is 3.74. The third-order valence-electron chi connectivity index (χ3n) is 2.85. The SMILES string of the molecule is Cc1nn(C)cc1NC(=O)N[C@H](c1ccccn1)C(F)(F)F. The first kappa shape index (κ1) is 15.8. The Hall–Kier alpha value is -2.58. The number of halogens is 3. The highest BCUT2D eigenvalue weighted by Gasteiger charge is 2.42. The largest absolute Gasteiger partial charge is 0.414 e. The van der Waals surface area contributed by atoms with Crippen molar-refractivity contribution >= 4 is 11.7 Å². The number of urea groups is 1. The van der Waals surface area contributed by atoms with Crippen LogP contribution in [0.2, 0.25) is 0 Å². The quantitative estimate of drug-likeness (QED) is 0.915. The van der Waals surface area contributed by atoms with E-state index < -0.39 is 18.2 Å². The molecule has 6 nitrogen and oxygen atoms in total. The van der Waals surface area contributed by atoms with E-state index in [0.29, 0.717) is 11.4 Å². The molecule has 0 aliphatic heterocycles. The van der Waals surface area contributed by atoms with Crippen molar-refractivity contribution in [2.75, 3.05) is 5.32 Å². The van der Waals surface area contributed by atoms with Crippen molar-refractivity contribution in [3.8, 4) is 0 Å². The topological polar surface area (TPSA) is 71.8 Å². The second-order valence-electron chi connectivity index (χ2n) is 4.63. The summed E-state index contributed by atoms with van der Waals surface area (Å²) in [6.07, 6.45) is -1.92. The van der Waals surface area contributed by atoms with E-state index in [1.807, 2.05) is 5.32 Å². The number of aryl methyl sites for hydroxylation is 2. The molecule has 0 aromatic carbocycles. The molecule has 0 spiro atoms. The van der Waals surface area contributed by atoms with Gasteiger partial charge < -0.3 is 10.6 Å². The maximum atomic E-state index is 13.1. The first-order valence-corrected chi connectivity index (χ1v) is 6.33. The van der Waals surface area contributed by atoms with Crippen LogP contribution in [0.5, 0.6) is 0 Å². The molecular weight excluding hydrogens is 299 g/mol. The molecule has 0 fully saturated rings. The second-order valence-corrected chi connectivity index (χ2v) is 4.63. The van der Waals surface area contributed by atoms with E-state index in [9.17, 15) is 18.0 Å². The van der Waals surface area contributed by atoms with E-state index in [1.165, 1.54) is 35.3 Å². The fourth-order valence-corrected chi connectivity index (χ4v) is 1.88. The third-order valence-corrected chi connectivity index (χ3v) is 2.85. The molecule has 2 N–H and O–H groups in total. The zero-order valence-electron chi connectivity index (χ0n) is 11.8. The van der Waals surface area contributed by atoms with Gasteiger partial charge in [-0.2, -0.15) is 18.3 Å². The number of carbonyl (C=O) groups excluding carboxylic acids is 1. The summed E-state index contributed by atoms with van der Waals surface area (Å²) in [6.45, 7) is 1.63. The fraction of sp³-hybridized carbons (Fsp3) is 0.308. The Bertz CT molecular complexity index is 653. The van der Waals surface area contributed by atoms with Crippen LogP contribution < -0.4 is 10.6 Å². The van der Waals surface area contributed by atoms with Crippen LogP contribution in [-0.2, 0) is 7.05 Å². The van der Waals surface area contributed by atoms with Crippen molar-refractivity contribution in [2.24, 2.45) is 7.05 Å². The lowest BCUT2D eigenvalue weighted by Crippen LogP contribution is -2.40. The minimum Gasteiger partial charge on any atom is -0.321 e. The highest BCUT2D eigenvalue weighted by atomic mass is 19.4. The highest BCUT2D eigenvalue weighted by molar-refractivity contribution is 5.90. The lowest BCUT2D eigenvalue weighted by Gasteiger charge is -2.21. The van der Waals surface area contributed by atoms with Gasteiger partial charge >= 0.3 is 12.2 Å². The summed E-state index contributed by atoms with van der Waals surface area (Å²) in [5.74, 6) is 0. The second kappa shape index (κ2) is 6.04. The van der Waals surface area contributed by atoms with E-state index in [2.05, 4.69) is 15.4 Å². The molecule has 22 heavy (non-hydrogen) atoms. The van der Waals surface area contributed by atoms with Crippen LogP contribution in [0.15, 0.2) is 30.6 Å². The molecule has 0 radical (unpaired) electrons. The van der Waals surface area contributed by atoms with Crippen LogP contribution in [0.3, 0.4) is 0 Å². The van der Waals surface area contributed by atoms with Crippen molar-refractivity contribution in [1.82, 2.24) is 20.1 Å². The molecule has 0 aliphatic rings. The Morgan fingerprint density at radius 1 is 1.36 bits per heavy atom. The molecule has 0 unspecified atom stereocenters. The van der Waals surface area contributed by atoms with Gasteiger partial charge in [0, 0.05) is 19.4 Å². The number of hydrogen-bond donors (Lipinski definition) is 2. The molecule has 2 aromatic rings. The summed E-state index contributed by atoms with van der Waals surface area (Å²) in [5.41, 5.74) is 0.550. The molecule has 0 bridgehead atoms. The van der Waals surface area contributed by atoms with E-state index in [4.69, 9.17) is 0 Å². The summed E-state index contributed by atoms with van der Waals surface area (Å²) in [7, 11) is 1.64. The molecule has 0 saturated heterocycles. The minimum atomic E-state index is -4.66. The fourth-order valence-electron chi connectivity index (χ4n) is 1.88. The predicted octanol–water partition coefficient (Wildman–Crippen LogP) is 2.55. The molecule has 0 saturated carbocycles. The number of anilines is 1. The zero-order chi connectivity index (χ0) is 16.3. The molecule has 118 valence electrons. The summed E-state index contributed by atoms with van der Waals surface area (Å²) in [5, 5.41) is 8.22. The van der Waals surface area contributed by atoms with Gasteiger partial charge in [-0.25, -0.2) is 4.79 Å². The Morgan fingerprint density at radius 2 is 2.09 bits per heavy atom. The molecule has 2 aromatic heterocycles. The molecule has 9 heteroatoms. The standard InChI is InChI=1S/C13H14F3N5O/c1-8-10(7-21(2)20-8)18-12(22)19-11(13(14,15)16)9-5-3-4-6-17-9/h3-7,11H,1-2H3,(H2,18,19,22)/t11-/m1/s1. The van der Waals surface area contributed by atoms with Gasteiger partial charge in [0.15, 0.2) is 6.04 Å². The lowest BCUT2D eigenvalue weighted by atomic mass is 10.2. The van der Waals surface area contributed by atoms with Crippen LogP contribution in [0.4, 0.5) is 23.7 Å². The van der Waals surface area contributed by atoms with Crippen molar-refractivity contribution in [1.29, 1.82) is 0 Å².